The fourth-order valence-corrected chi connectivity index (χ4v) is 2.86. The molecule has 7 heteroatoms. The highest BCUT2D eigenvalue weighted by atomic mass is 16.5. The molecule has 1 aliphatic rings. The Morgan fingerprint density at radius 2 is 1.90 bits per heavy atom. The molecule has 1 heterocycles. The molecule has 162 valence electrons. The molecular formula is C23H32N4O3. The Balaban J connectivity index is 1.60. The highest BCUT2D eigenvalue weighted by Gasteiger charge is 2.22. The summed E-state index contributed by atoms with van der Waals surface area (Å²) >= 11 is 0. The van der Waals surface area contributed by atoms with E-state index in [1.54, 1.807) is 13.3 Å². The quantitative estimate of drug-likeness (QED) is 0.317. The van der Waals surface area contributed by atoms with Gasteiger partial charge in [-0.2, -0.15) is 0 Å². The lowest BCUT2D eigenvalue weighted by atomic mass is 10.2. The molecule has 0 spiro atoms. The van der Waals surface area contributed by atoms with Gasteiger partial charge in [-0.1, -0.05) is 24.3 Å². The van der Waals surface area contributed by atoms with Gasteiger partial charge in [0.1, 0.15) is 12.4 Å². The normalized spacial score (nSPS) is 13.7. The Kier molecular flexibility index (Phi) is 8.78. The van der Waals surface area contributed by atoms with Crippen LogP contribution in [0.3, 0.4) is 0 Å². The monoisotopic (exact) mass is 412 g/mol. The summed E-state index contributed by atoms with van der Waals surface area (Å²) in [6.07, 6.45) is 4.28. The van der Waals surface area contributed by atoms with Crippen molar-refractivity contribution in [1.82, 2.24) is 15.6 Å². The maximum Gasteiger partial charge on any atom is 0.218 e. The van der Waals surface area contributed by atoms with E-state index in [1.165, 1.54) is 12.8 Å². The molecule has 1 aliphatic carbocycles. The molecule has 0 unspecified atom stereocenters. The van der Waals surface area contributed by atoms with E-state index in [0.717, 1.165) is 41.9 Å². The third-order valence-electron chi connectivity index (χ3n) is 4.72. The number of pyridine rings is 1. The van der Waals surface area contributed by atoms with Crippen molar-refractivity contribution in [1.29, 1.82) is 0 Å². The predicted octanol–water partition coefficient (Wildman–Crippen LogP) is 3.15. The van der Waals surface area contributed by atoms with E-state index in [0.29, 0.717) is 32.2 Å². The number of hydrogen-bond acceptors (Lipinski definition) is 5. The van der Waals surface area contributed by atoms with Crippen molar-refractivity contribution in [3.63, 3.8) is 0 Å². The van der Waals surface area contributed by atoms with E-state index >= 15 is 0 Å². The standard InChI is InChI=1S/C23H32N4O3/c1-3-24-23(27-16-20-8-6-12-25-22(20)29-14-13-28-2)26-15-19-7-4-5-9-21(19)30-17-18-10-11-18/h4-9,12,18H,3,10-11,13-17H2,1-2H3,(H2,24,26,27). The maximum atomic E-state index is 6.01. The minimum absolute atomic E-state index is 0.459. The lowest BCUT2D eigenvalue weighted by molar-refractivity contribution is 0.143. The first-order valence-electron chi connectivity index (χ1n) is 10.6. The largest absolute Gasteiger partial charge is 0.493 e. The zero-order valence-corrected chi connectivity index (χ0v) is 17.9. The SMILES string of the molecule is CCNC(=NCc1cccnc1OCCOC)NCc1ccccc1OCC1CC1. The van der Waals surface area contributed by atoms with Crippen molar-refractivity contribution in [3.8, 4) is 11.6 Å². The Labute approximate surface area is 178 Å². The Bertz CT molecular complexity index is 809. The summed E-state index contributed by atoms with van der Waals surface area (Å²) in [7, 11) is 1.65. The number of benzene rings is 1. The van der Waals surface area contributed by atoms with Gasteiger partial charge in [0.2, 0.25) is 5.88 Å². The van der Waals surface area contributed by atoms with E-state index in [4.69, 9.17) is 19.2 Å². The smallest absolute Gasteiger partial charge is 0.218 e. The summed E-state index contributed by atoms with van der Waals surface area (Å²) in [5.74, 6) is 2.99. The van der Waals surface area contributed by atoms with Gasteiger partial charge in [-0.05, 0) is 37.8 Å². The number of methoxy groups -OCH3 is 1. The van der Waals surface area contributed by atoms with Gasteiger partial charge in [-0.3, -0.25) is 0 Å². The van der Waals surface area contributed by atoms with Crippen LogP contribution in [0.2, 0.25) is 0 Å². The molecular weight excluding hydrogens is 380 g/mol. The van der Waals surface area contributed by atoms with Gasteiger partial charge in [0.05, 0.1) is 19.8 Å². The molecule has 1 saturated carbocycles. The van der Waals surface area contributed by atoms with E-state index in [1.807, 2.05) is 37.3 Å². The van der Waals surface area contributed by atoms with Crippen LogP contribution in [-0.2, 0) is 17.8 Å². The van der Waals surface area contributed by atoms with Crippen LogP contribution in [0, 0.1) is 5.92 Å². The summed E-state index contributed by atoms with van der Waals surface area (Å²) < 4.78 is 16.8. The first-order chi connectivity index (χ1) is 14.8. The van der Waals surface area contributed by atoms with Gasteiger partial charge in [0, 0.05) is 37.5 Å². The van der Waals surface area contributed by atoms with Gasteiger partial charge in [0.25, 0.3) is 0 Å². The number of para-hydroxylation sites is 1. The van der Waals surface area contributed by atoms with Crippen molar-refractivity contribution in [2.75, 3.05) is 33.5 Å². The van der Waals surface area contributed by atoms with Crippen LogP contribution in [0.15, 0.2) is 47.6 Å². The van der Waals surface area contributed by atoms with E-state index in [9.17, 15) is 0 Å². The number of nitrogens with zero attached hydrogens (tertiary/aromatic N) is 2. The number of hydrogen-bond donors (Lipinski definition) is 2. The molecule has 0 aliphatic heterocycles. The molecule has 0 atom stereocenters. The molecule has 0 saturated heterocycles. The van der Waals surface area contributed by atoms with Crippen LogP contribution in [0.25, 0.3) is 0 Å². The number of aromatic nitrogens is 1. The fraction of sp³-hybridized carbons (Fsp3) is 0.478. The predicted molar refractivity (Wildman–Crippen MR) is 118 cm³/mol. The van der Waals surface area contributed by atoms with Gasteiger partial charge in [-0.15, -0.1) is 0 Å². The minimum atomic E-state index is 0.459. The van der Waals surface area contributed by atoms with Crippen molar-refractivity contribution in [2.24, 2.45) is 10.9 Å². The van der Waals surface area contributed by atoms with Crippen molar-refractivity contribution in [2.45, 2.75) is 32.9 Å². The van der Waals surface area contributed by atoms with Crippen LogP contribution >= 0.6 is 0 Å². The van der Waals surface area contributed by atoms with Gasteiger partial charge in [-0.25, -0.2) is 9.98 Å². The van der Waals surface area contributed by atoms with Crippen LogP contribution in [0.4, 0.5) is 0 Å². The van der Waals surface area contributed by atoms with Crippen LogP contribution in [0.5, 0.6) is 11.6 Å². The van der Waals surface area contributed by atoms with Gasteiger partial charge >= 0.3 is 0 Å². The fourth-order valence-electron chi connectivity index (χ4n) is 2.86. The van der Waals surface area contributed by atoms with Crippen molar-refractivity contribution in [3.05, 3.63) is 53.7 Å². The summed E-state index contributed by atoms with van der Waals surface area (Å²) in [5, 5.41) is 6.69. The Hall–Kier alpha value is -2.80. The molecule has 2 N–H and O–H groups in total. The van der Waals surface area contributed by atoms with E-state index in [-0.39, 0.29) is 0 Å². The zero-order valence-electron chi connectivity index (χ0n) is 17.9. The van der Waals surface area contributed by atoms with Crippen LogP contribution in [0.1, 0.15) is 30.9 Å². The number of aliphatic imine (C=N–C) groups is 1. The van der Waals surface area contributed by atoms with Crippen LogP contribution in [-0.4, -0.2) is 44.4 Å². The summed E-state index contributed by atoms with van der Waals surface area (Å²) in [6, 6.07) is 12.0. The molecule has 0 radical (unpaired) electrons. The molecule has 3 rings (SSSR count). The van der Waals surface area contributed by atoms with Gasteiger partial charge < -0.3 is 24.8 Å². The molecule has 2 aromatic rings. The van der Waals surface area contributed by atoms with Crippen molar-refractivity contribution >= 4 is 5.96 Å². The average Bonchev–Trinajstić information content (AvgIpc) is 3.60. The van der Waals surface area contributed by atoms with Crippen LogP contribution < -0.4 is 20.1 Å². The highest BCUT2D eigenvalue weighted by Crippen LogP contribution is 2.30. The molecule has 1 aromatic heterocycles. The number of nitrogens with one attached hydrogen (secondary N) is 2. The number of rotatable bonds is 12. The number of ether oxygens (including phenoxy) is 3. The molecule has 0 bridgehead atoms. The zero-order chi connectivity index (χ0) is 21.0. The Morgan fingerprint density at radius 3 is 2.70 bits per heavy atom. The summed E-state index contributed by atoms with van der Waals surface area (Å²) in [6.45, 7) is 5.70. The first kappa shape index (κ1) is 21.9. The second-order valence-corrected chi connectivity index (χ2v) is 7.22. The third kappa shape index (κ3) is 7.22. The van der Waals surface area contributed by atoms with Gasteiger partial charge in [0.15, 0.2) is 5.96 Å². The summed E-state index contributed by atoms with van der Waals surface area (Å²) in [4.78, 5) is 9.02. The lowest BCUT2D eigenvalue weighted by Crippen LogP contribution is -2.36. The van der Waals surface area contributed by atoms with Crippen molar-refractivity contribution < 1.29 is 14.2 Å². The first-order valence-corrected chi connectivity index (χ1v) is 10.6. The second kappa shape index (κ2) is 12.0. The van der Waals surface area contributed by atoms with E-state index in [2.05, 4.69) is 21.7 Å². The Morgan fingerprint density at radius 1 is 1.07 bits per heavy atom. The maximum absolute atomic E-state index is 6.01. The average molecular weight is 413 g/mol. The molecule has 30 heavy (non-hydrogen) atoms. The topological polar surface area (TPSA) is 77.0 Å². The highest BCUT2D eigenvalue weighted by molar-refractivity contribution is 5.79. The molecule has 0 amide bonds. The number of guanidine groups is 1. The molecule has 1 fully saturated rings. The summed E-state index contributed by atoms with van der Waals surface area (Å²) in [5.41, 5.74) is 2.05. The minimum Gasteiger partial charge on any atom is -0.493 e. The molecule has 1 aromatic carbocycles. The third-order valence-corrected chi connectivity index (χ3v) is 4.72. The van der Waals surface area contributed by atoms with E-state index < -0.39 is 0 Å². The molecule has 7 nitrogen and oxygen atoms in total. The lowest BCUT2D eigenvalue weighted by Gasteiger charge is -2.15. The second-order valence-electron chi connectivity index (χ2n) is 7.22.